The third-order valence-electron chi connectivity index (χ3n) is 2.98. The van der Waals surface area contributed by atoms with Crippen LogP contribution >= 0.6 is 0 Å². The van der Waals surface area contributed by atoms with Crippen molar-refractivity contribution < 1.29 is 9.53 Å². The Morgan fingerprint density at radius 1 is 1.24 bits per heavy atom. The molecule has 0 bridgehead atoms. The first-order valence-electron chi connectivity index (χ1n) is 6.69. The Bertz CT molecular complexity index is 616. The number of carbonyl (C=O) groups is 1. The van der Waals surface area contributed by atoms with Crippen molar-refractivity contribution in [3.05, 3.63) is 65.4 Å². The van der Waals surface area contributed by atoms with Crippen molar-refractivity contribution in [1.82, 2.24) is 10.3 Å². The topological polar surface area (TPSA) is 51.2 Å². The Morgan fingerprint density at radius 2 is 2.00 bits per heavy atom. The van der Waals surface area contributed by atoms with Gasteiger partial charge in [0.2, 0.25) is 11.8 Å². The van der Waals surface area contributed by atoms with Crippen LogP contribution in [0.4, 0.5) is 0 Å². The first kappa shape index (κ1) is 14.8. The molecule has 1 N–H and O–H groups in total. The average Bonchev–Trinajstić information content (AvgIpc) is 2.53. The number of pyridine rings is 1. The molecular formula is C17H18N2O2. The SMILES string of the molecule is COc1ccc(CNC(=O)/C=C/c2ccc(C)cc2)cn1. The molecule has 2 aromatic rings. The number of carbonyl (C=O) groups excluding carboxylic acids is 1. The second kappa shape index (κ2) is 7.24. The van der Waals surface area contributed by atoms with E-state index in [4.69, 9.17) is 4.74 Å². The van der Waals surface area contributed by atoms with Crippen LogP contribution in [-0.4, -0.2) is 18.0 Å². The Morgan fingerprint density at radius 3 is 2.62 bits per heavy atom. The lowest BCUT2D eigenvalue weighted by Crippen LogP contribution is -2.20. The van der Waals surface area contributed by atoms with E-state index in [1.807, 2.05) is 37.3 Å². The van der Waals surface area contributed by atoms with Gasteiger partial charge in [-0.3, -0.25) is 4.79 Å². The van der Waals surface area contributed by atoms with Crippen LogP contribution < -0.4 is 10.1 Å². The zero-order valence-corrected chi connectivity index (χ0v) is 12.2. The molecule has 21 heavy (non-hydrogen) atoms. The van der Waals surface area contributed by atoms with Gasteiger partial charge in [-0.15, -0.1) is 0 Å². The van der Waals surface area contributed by atoms with Crippen LogP contribution in [-0.2, 0) is 11.3 Å². The van der Waals surface area contributed by atoms with Crippen LogP contribution in [0.5, 0.6) is 5.88 Å². The minimum absolute atomic E-state index is 0.133. The first-order chi connectivity index (χ1) is 10.2. The second-order valence-corrected chi connectivity index (χ2v) is 4.67. The maximum Gasteiger partial charge on any atom is 0.244 e. The van der Waals surface area contributed by atoms with Crippen molar-refractivity contribution in [3.8, 4) is 5.88 Å². The van der Waals surface area contributed by atoms with Crippen LogP contribution in [0, 0.1) is 6.92 Å². The van der Waals surface area contributed by atoms with Crippen molar-refractivity contribution >= 4 is 12.0 Å². The zero-order chi connectivity index (χ0) is 15.1. The lowest BCUT2D eigenvalue weighted by atomic mass is 10.1. The van der Waals surface area contributed by atoms with Crippen molar-refractivity contribution in [2.24, 2.45) is 0 Å². The molecular weight excluding hydrogens is 264 g/mol. The molecule has 4 nitrogen and oxygen atoms in total. The maximum absolute atomic E-state index is 11.7. The van der Waals surface area contributed by atoms with Crippen LogP contribution in [0.15, 0.2) is 48.7 Å². The molecule has 1 aromatic heterocycles. The lowest BCUT2D eigenvalue weighted by molar-refractivity contribution is -0.116. The van der Waals surface area contributed by atoms with Gasteiger partial charge in [0.25, 0.3) is 0 Å². The summed E-state index contributed by atoms with van der Waals surface area (Å²) in [4.78, 5) is 15.8. The highest BCUT2D eigenvalue weighted by Gasteiger charge is 1.98. The van der Waals surface area contributed by atoms with E-state index < -0.39 is 0 Å². The summed E-state index contributed by atoms with van der Waals surface area (Å²) in [6, 6.07) is 11.6. The highest BCUT2D eigenvalue weighted by Crippen LogP contribution is 2.07. The van der Waals surface area contributed by atoms with Gasteiger partial charge in [-0.1, -0.05) is 35.9 Å². The fraction of sp³-hybridized carbons (Fsp3) is 0.176. The van der Waals surface area contributed by atoms with Crippen molar-refractivity contribution in [2.45, 2.75) is 13.5 Å². The minimum Gasteiger partial charge on any atom is -0.481 e. The van der Waals surface area contributed by atoms with E-state index >= 15 is 0 Å². The molecule has 108 valence electrons. The van der Waals surface area contributed by atoms with E-state index in [-0.39, 0.29) is 5.91 Å². The van der Waals surface area contributed by atoms with E-state index in [1.165, 1.54) is 11.6 Å². The highest BCUT2D eigenvalue weighted by atomic mass is 16.5. The van der Waals surface area contributed by atoms with Gasteiger partial charge in [0.05, 0.1) is 7.11 Å². The molecule has 1 amide bonds. The number of rotatable bonds is 5. The van der Waals surface area contributed by atoms with Gasteiger partial charge in [0, 0.05) is 24.9 Å². The third-order valence-corrected chi connectivity index (χ3v) is 2.98. The number of ether oxygens (including phenoxy) is 1. The second-order valence-electron chi connectivity index (χ2n) is 4.67. The van der Waals surface area contributed by atoms with Crippen molar-refractivity contribution in [3.63, 3.8) is 0 Å². The summed E-state index contributed by atoms with van der Waals surface area (Å²) in [6.45, 7) is 2.47. The van der Waals surface area contributed by atoms with E-state index in [1.54, 1.807) is 25.4 Å². The van der Waals surface area contributed by atoms with Gasteiger partial charge in [-0.2, -0.15) is 0 Å². The lowest BCUT2D eigenvalue weighted by Gasteiger charge is -2.03. The Kier molecular flexibility index (Phi) is 5.10. The summed E-state index contributed by atoms with van der Waals surface area (Å²) < 4.78 is 4.98. The first-order valence-corrected chi connectivity index (χ1v) is 6.69. The van der Waals surface area contributed by atoms with Gasteiger partial charge in [-0.05, 0) is 24.1 Å². The number of aryl methyl sites for hydroxylation is 1. The molecule has 0 atom stereocenters. The molecule has 1 aromatic carbocycles. The summed E-state index contributed by atoms with van der Waals surface area (Å²) in [5.41, 5.74) is 3.12. The number of nitrogens with zero attached hydrogens (tertiary/aromatic N) is 1. The van der Waals surface area contributed by atoms with Crippen LogP contribution in [0.25, 0.3) is 6.08 Å². The summed E-state index contributed by atoms with van der Waals surface area (Å²) in [5.74, 6) is 0.427. The Hall–Kier alpha value is -2.62. The smallest absolute Gasteiger partial charge is 0.244 e. The number of hydrogen-bond acceptors (Lipinski definition) is 3. The van der Waals surface area contributed by atoms with Crippen molar-refractivity contribution in [2.75, 3.05) is 7.11 Å². The predicted molar refractivity (Wildman–Crippen MR) is 82.8 cm³/mol. The number of methoxy groups -OCH3 is 1. The fourth-order valence-electron chi connectivity index (χ4n) is 1.73. The molecule has 0 aliphatic rings. The minimum atomic E-state index is -0.133. The zero-order valence-electron chi connectivity index (χ0n) is 12.2. The monoisotopic (exact) mass is 282 g/mol. The Balaban J connectivity index is 1.85. The molecule has 0 spiro atoms. The number of aromatic nitrogens is 1. The summed E-state index contributed by atoms with van der Waals surface area (Å²) >= 11 is 0. The molecule has 0 aliphatic heterocycles. The maximum atomic E-state index is 11.7. The predicted octanol–water partition coefficient (Wildman–Crippen LogP) is 2.73. The molecule has 2 rings (SSSR count). The Labute approximate surface area is 124 Å². The summed E-state index contributed by atoms with van der Waals surface area (Å²) in [5, 5.41) is 2.81. The highest BCUT2D eigenvalue weighted by molar-refractivity contribution is 5.91. The third kappa shape index (κ3) is 4.76. The number of hydrogen-bond donors (Lipinski definition) is 1. The fourth-order valence-corrected chi connectivity index (χ4v) is 1.73. The quantitative estimate of drug-likeness (QED) is 0.858. The molecule has 0 saturated heterocycles. The van der Waals surface area contributed by atoms with Crippen LogP contribution in [0.3, 0.4) is 0 Å². The van der Waals surface area contributed by atoms with Gasteiger partial charge < -0.3 is 10.1 Å². The van der Waals surface area contributed by atoms with Crippen LogP contribution in [0.1, 0.15) is 16.7 Å². The van der Waals surface area contributed by atoms with Crippen LogP contribution in [0.2, 0.25) is 0 Å². The molecule has 0 aliphatic carbocycles. The number of nitrogens with one attached hydrogen (secondary N) is 1. The normalized spacial score (nSPS) is 10.6. The van der Waals surface area contributed by atoms with Gasteiger partial charge >= 0.3 is 0 Å². The standard InChI is InChI=1S/C17H18N2O2/c1-13-3-5-14(6-4-13)7-9-16(20)18-11-15-8-10-17(21-2)19-12-15/h3-10,12H,11H2,1-2H3,(H,18,20)/b9-7+. The molecule has 4 heteroatoms. The average molecular weight is 282 g/mol. The number of amides is 1. The van der Waals surface area contributed by atoms with E-state index in [2.05, 4.69) is 10.3 Å². The summed E-state index contributed by atoms with van der Waals surface area (Å²) in [6.07, 6.45) is 5.01. The molecule has 0 radical (unpaired) electrons. The van der Waals surface area contributed by atoms with E-state index in [0.29, 0.717) is 12.4 Å². The van der Waals surface area contributed by atoms with Crippen molar-refractivity contribution in [1.29, 1.82) is 0 Å². The summed E-state index contributed by atoms with van der Waals surface area (Å²) in [7, 11) is 1.57. The van der Waals surface area contributed by atoms with Gasteiger partial charge in [0.15, 0.2) is 0 Å². The largest absolute Gasteiger partial charge is 0.481 e. The molecule has 0 fully saturated rings. The van der Waals surface area contributed by atoms with E-state index in [0.717, 1.165) is 11.1 Å². The molecule has 1 heterocycles. The van der Waals surface area contributed by atoms with Gasteiger partial charge in [0.1, 0.15) is 0 Å². The van der Waals surface area contributed by atoms with Gasteiger partial charge in [-0.25, -0.2) is 4.98 Å². The molecule has 0 unspecified atom stereocenters. The number of benzene rings is 1. The molecule has 0 saturated carbocycles. The van der Waals surface area contributed by atoms with E-state index in [9.17, 15) is 4.79 Å².